The van der Waals surface area contributed by atoms with Crippen LogP contribution in [0.1, 0.15) is 50.3 Å². The van der Waals surface area contributed by atoms with Crippen LogP contribution in [0.25, 0.3) is 0 Å². The van der Waals surface area contributed by atoms with E-state index >= 15 is 0 Å². The van der Waals surface area contributed by atoms with Crippen LogP contribution >= 0.6 is 0 Å². The van der Waals surface area contributed by atoms with Gasteiger partial charge in [-0.05, 0) is 36.3 Å². The molecule has 0 bridgehead atoms. The van der Waals surface area contributed by atoms with Gasteiger partial charge in [0.05, 0.1) is 7.11 Å². The maximum Gasteiger partial charge on any atom is 0.323 e. The van der Waals surface area contributed by atoms with Crippen LogP contribution in [0.4, 0.5) is 0 Å². The zero-order chi connectivity index (χ0) is 14.5. The molecule has 1 aliphatic rings. The highest BCUT2D eigenvalue weighted by Crippen LogP contribution is 2.30. The first-order valence-corrected chi connectivity index (χ1v) is 7.59. The van der Waals surface area contributed by atoms with Crippen molar-refractivity contribution < 1.29 is 9.53 Å². The number of aryl methyl sites for hydroxylation is 1. The third kappa shape index (κ3) is 3.21. The van der Waals surface area contributed by atoms with Crippen molar-refractivity contribution in [3.05, 3.63) is 35.4 Å². The number of benzene rings is 1. The van der Waals surface area contributed by atoms with Crippen LogP contribution in [0.3, 0.4) is 0 Å². The molecule has 3 atom stereocenters. The number of fused-ring (bicyclic) bond motifs is 1. The largest absolute Gasteiger partial charge is 0.468 e. The van der Waals surface area contributed by atoms with Gasteiger partial charge >= 0.3 is 5.97 Å². The number of carbonyl (C=O) groups is 1. The lowest BCUT2D eigenvalue weighted by molar-refractivity contribution is -0.144. The molecular weight excluding hydrogens is 250 g/mol. The van der Waals surface area contributed by atoms with Crippen molar-refractivity contribution in [3.8, 4) is 0 Å². The third-order valence-corrected chi connectivity index (χ3v) is 4.42. The molecule has 3 heteroatoms. The van der Waals surface area contributed by atoms with E-state index in [2.05, 4.69) is 43.4 Å². The Morgan fingerprint density at radius 2 is 2.20 bits per heavy atom. The van der Waals surface area contributed by atoms with Gasteiger partial charge in [0, 0.05) is 6.04 Å². The summed E-state index contributed by atoms with van der Waals surface area (Å²) in [4.78, 5) is 12.0. The first-order chi connectivity index (χ1) is 9.67. The number of hydrogen-bond acceptors (Lipinski definition) is 3. The summed E-state index contributed by atoms with van der Waals surface area (Å²) in [6.45, 7) is 4.21. The fraction of sp³-hybridized carbons (Fsp3) is 0.588. The molecule has 0 saturated heterocycles. The van der Waals surface area contributed by atoms with Crippen LogP contribution in [-0.2, 0) is 16.0 Å². The lowest BCUT2D eigenvalue weighted by atomic mass is 9.86. The molecule has 0 radical (unpaired) electrons. The summed E-state index contributed by atoms with van der Waals surface area (Å²) in [5.41, 5.74) is 2.75. The van der Waals surface area contributed by atoms with Crippen molar-refractivity contribution in [2.75, 3.05) is 7.11 Å². The maximum atomic E-state index is 12.0. The van der Waals surface area contributed by atoms with E-state index in [4.69, 9.17) is 4.74 Å². The molecule has 1 aliphatic carbocycles. The number of ether oxygens (including phenoxy) is 1. The van der Waals surface area contributed by atoms with E-state index in [0.717, 1.165) is 19.3 Å². The van der Waals surface area contributed by atoms with E-state index in [9.17, 15) is 4.79 Å². The number of nitrogens with one attached hydrogen (secondary N) is 1. The second-order valence-electron chi connectivity index (χ2n) is 5.70. The Morgan fingerprint density at radius 3 is 2.90 bits per heavy atom. The minimum Gasteiger partial charge on any atom is -0.468 e. The van der Waals surface area contributed by atoms with Gasteiger partial charge < -0.3 is 4.74 Å². The molecule has 1 N–H and O–H groups in total. The molecule has 0 amide bonds. The molecule has 1 aromatic rings. The normalized spacial score (nSPS) is 20.9. The Labute approximate surface area is 121 Å². The second kappa shape index (κ2) is 6.89. The molecule has 0 fully saturated rings. The van der Waals surface area contributed by atoms with Gasteiger partial charge in [0.2, 0.25) is 0 Å². The summed E-state index contributed by atoms with van der Waals surface area (Å²) in [6, 6.07) is 8.58. The zero-order valence-electron chi connectivity index (χ0n) is 12.7. The molecular formula is C17H25NO2. The Hall–Kier alpha value is -1.35. The van der Waals surface area contributed by atoms with Gasteiger partial charge in [-0.15, -0.1) is 0 Å². The molecule has 1 aromatic carbocycles. The van der Waals surface area contributed by atoms with Crippen molar-refractivity contribution >= 4 is 5.97 Å². The number of methoxy groups -OCH3 is 1. The fourth-order valence-corrected chi connectivity index (χ4v) is 2.97. The Kier molecular flexibility index (Phi) is 5.18. The lowest BCUT2D eigenvalue weighted by Crippen LogP contribution is -2.45. The SMILES string of the molecule is CCC(C)C(NC1CCCc2ccccc21)C(=O)OC. The van der Waals surface area contributed by atoms with Crippen molar-refractivity contribution in [2.45, 2.75) is 51.6 Å². The van der Waals surface area contributed by atoms with Crippen LogP contribution in [0, 0.1) is 5.92 Å². The van der Waals surface area contributed by atoms with E-state index in [1.54, 1.807) is 0 Å². The topological polar surface area (TPSA) is 38.3 Å². The molecule has 0 aromatic heterocycles. The maximum absolute atomic E-state index is 12.0. The Balaban J connectivity index is 2.17. The fourth-order valence-electron chi connectivity index (χ4n) is 2.97. The monoisotopic (exact) mass is 275 g/mol. The van der Waals surface area contributed by atoms with Gasteiger partial charge in [0.15, 0.2) is 0 Å². The van der Waals surface area contributed by atoms with Crippen molar-refractivity contribution in [1.82, 2.24) is 5.32 Å². The van der Waals surface area contributed by atoms with E-state index in [1.165, 1.54) is 24.7 Å². The minimum atomic E-state index is -0.221. The quantitative estimate of drug-likeness (QED) is 0.838. The highest BCUT2D eigenvalue weighted by Gasteiger charge is 2.29. The average Bonchev–Trinajstić information content (AvgIpc) is 2.51. The van der Waals surface area contributed by atoms with Crippen molar-refractivity contribution in [1.29, 1.82) is 0 Å². The lowest BCUT2D eigenvalue weighted by Gasteiger charge is -2.31. The van der Waals surface area contributed by atoms with Crippen LogP contribution < -0.4 is 5.32 Å². The van der Waals surface area contributed by atoms with Gasteiger partial charge in [-0.2, -0.15) is 0 Å². The second-order valence-corrected chi connectivity index (χ2v) is 5.70. The third-order valence-electron chi connectivity index (χ3n) is 4.42. The number of hydrogen-bond donors (Lipinski definition) is 1. The van der Waals surface area contributed by atoms with Crippen LogP contribution in [0.2, 0.25) is 0 Å². The summed E-state index contributed by atoms with van der Waals surface area (Å²) in [5, 5.41) is 3.54. The summed E-state index contributed by atoms with van der Waals surface area (Å²) in [7, 11) is 1.47. The molecule has 2 rings (SSSR count). The Bertz CT molecular complexity index is 458. The first-order valence-electron chi connectivity index (χ1n) is 7.59. The highest BCUT2D eigenvalue weighted by molar-refractivity contribution is 5.76. The van der Waals surface area contributed by atoms with Gasteiger partial charge in [0.25, 0.3) is 0 Å². The standard InChI is InChI=1S/C17H25NO2/c1-4-12(2)16(17(19)20-3)18-15-11-7-9-13-8-5-6-10-14(13)15/h5-6,8,10,12,15-16,18H,4,7,9,11H2,1-3H3. The molecule has 3 unspecified atom stereocenters. The van der Waals surface area contributed by atoms with E-state index in [0.29, 0.717) is 0 Å². The van der Waals surface area contributed by atoms with Crippen LogP contribution in [0.15, 0.2) is 24.3 Å². The summed E-state index contributed by atoms with van der Waals surface area (Å²) in [5.74, 6) is 0.124. The van der Waals surface area contributed by atoms with Gasteiger partial charge in [-0.1, -0.05) is 44.5 Å². The molecule has 0 heterocycles. The summed E-state index contributed by atoms with van der Waals surface area (Å²) < 4.78 is 4.96. The molecule has 3 nitrogen and oxygen atoms in total. The minimum absolute atomic E-state index is 0.151. The van der Waals surface area contributed by atoms with Gasteiger partial charge in [0.1, 0.15) is 6.04 Å². The highest BCUT2D eigenvalue weighted by atomic mass is 16.5. The molecule has 110 valence electrons. The average molecular weight is 275 g/mol. The molecule has 0 aliphatic heterocycles. The van der Waals surface area contributed by atoms with E-state index < -0.39 is 0 Å². The van der Waals surface area contributed by atoms with Crippen molar-refractivity contribution in [3.63, 3.8) is 0 Å². The molecule has 20 heavy (non-hydrogen) atoms. The van der Waals surface area contributed by atoms with Crippen LogP contribution in [-0.4, -0.2) is 19.1 Å². The number of rotatable bonds is 5. The van der Waals surface area contributed by atoms with Gasteiger partial charge in [-0.25, -0.2) is 0 Å². The summed E-state index contributed by atoms with van der Waals surface area (Å²) in [6.07, 6.45) is 4.35. The number of esters is 1. The zero-order valence-corrected chi connectivity index (χ0v) is 12.7. The first kappa shape index (κ1) is 15.0. The smallest absolute Gasteiger partial charge is 0.323 e. The predicted molar refractivity (Wildman–Crippen MR) is 80.5 cm³/mol. The van der Waals surface area contributed by atoms with Crippen LogP contribution in [0.5, 0.6) is 0 Å². The Morgan fingerprint density at radius 1 is 1.45 bits per heavy atom. The van der Waals surface area contributed by atoms with E-state index in [1.807, 2.05) is 0 Å². The van der Waals surface area contributed by atoms with Crippen molar-refractivity contribution in [2.24, 2.45) is 5.92 Å². The molecule has 0 saturated carbocycles. The van der Waals surface area contributed by atoms with Gasteiger partial charge in [-0.3, -0.25) is 10.1 Å². The number of carbonyl (C=O) groups excluding carboxylic acids is 1. The molecule has 0 spiro atoms. The van der Waals surface area contributed by atoms with E-state index in [-0.39, 0.29) is 24.0 Å². The summed E-state index contributed by atoms with van der Waals surface area (Å²) >= 11 is 0. The predicted octanol–water partition coefficient (Wildman–Crippen LogP) is 3.24.